The Morgan fingerprint density at radius 2 is 1.96 bits per heavy atom. The maximum absolute atomic E-state index is 13.2. The molecule has 0 bridgehead atoms. The van der Waals surface area contributed by atoms with Crippen LogP contribution in [0, 0.1) is 28.6 Å². The second-order valence-corrected chi connectivity index (χ2v) is 10.0. The van der Waals surface area contributed by atoms with E-state index in [4.69, 9.17) is 9.47 Å². The van der Waals surface area contributed by atoms with Gasteiger partial charge in [-0.1, -0.05) is 63.3 Å². The summed E-state index contributed by atoms with van der Waals surface area (Å²) < 4.78 is 12.1. The van der Waals surface area contributed by atoms with E-state index in [-0.39, 0.29) is 28.5 Å². The first-order chi connectivity index (χ1) is 13.4. The zero-order valence-corrected chi connectivity index (χ0v) is 17.3. The number of rotatable bonds is 7. The number of unbranched alkanes of at least 4 members (excludes halogenated alkanes) is 1. The predicted octanol–water partition coefficient (Wildman–Crippen LogP) is 4.95. The molecule has 1 spiro atoms. The van der Waals surface area contributed by atoms with Gasteiger partial charge in [0.1, 0.15) is 11.7 Å². The van der Waals surface area contributed by atoms with Gasteiger partial charge in [-0.15, -0.1) is 0 Å². The van der Waals surface area contributed by atoms with E-state index >= 15 is 0 Å². The van der Waals surface area contributed by atoms with Gasteiger partial charge in [0, 0.05) is 17.9 Å². The fourth-order valence-corrected chi connectivity index (χ4v) is 7.06. The molecular weight excluding hydrogens is 348 g/mol. The van der Waals surface area contributed by atoms with Crippen molar-refractivity contribution in [2.45, 2.75) is 64.8 Å². The second-order valence-electron chi connectivity index (χ2n) is 10.0. The number of ketones is 1. The Hall–Kier alpha value is -1.45. The molecule has 28 heavy (non-hydrogen) atoms. The SMILES string of the molecule is C[C@@H]1[C@@H]2CC=C[C@]23[C@H](C(=O)[C@@H]2O[C@@]23CCCCOCc2ccccc2)C1(C)C. The van der Waals surface area contributed by atoms with Crippen molar-refractivity contribution in [1.29, 1.82) is 0 Å². The van der Waals surface area contributed by atoms with E-state index in [1.807, 2.05) is 18.2 Å². The standard InChI is InChI=1S/C25H32O3/c1-17-19-12-9-13-24(19)21(23(17,2)3)20(26)22-25(24,28-22)14-7-8-15-27-16-18-10-5-4-6-11-18/h4-6,9-11,13,17,19,21-22H,7-8,12,14-16H2,1-3H3/t17-,19+,21-,22+,24-,25+/m1/s1. The molecule has 3 heteroatoms. The molecule has 3 aliphatic carbocycles. The van der Waals surface area contributed by atoms with Crippen molar-refractivity contribution in [3.63, 3.8) is 0 Å². The van der Waals surface area contributed by atoms with E-state index in [0.717, 1.165) is 32.3 Å². The molecule has 1 aliphatic heterocycles. The highest BCUT2D eigenvalue weighted by atomic mass is 16.6. The van der Waals surface area contributed by atoms with Crippen molar-refractivity contribution in [3.05, 3.63) is 48.0 Å². The van der Waals surface area contributed by atoms with Crippen LogP contribution in [0.3, 0.4) is 0 Å². The summed E-state index contributed by atoms with van der Waals surface area (Å²) in [5, 5.41) is 0. The van der Waals surface area contributed by atoms with Gasteiger partial charge in [0.05, 0.1) is 6.61 Å². The van der Waals surface area contributed by atoms with Crippen LogP contribution in [0.1, 0.15) is 52.0 Å². The van der Waals surface area contributed by atoms with Crippen molar-refractivity contribution in [2.75, 3.05) is 6.61 Å². The van der Waals surface area contributed by atoms with Gasteiger partial charge >= 0.3 is 0 Å². The molecule has 0 aromatic heterocycles. The molecule has 0 N–H and O–H groups in total. The maximum Gasteiger partial charge on any atom is 0.169 e. The molecule has 1 aromatic carbocycles. The van der Waals surface area contributed by atoms with Crippen LogP contribution in [0.25, 0.3) is 0 Å². The Morgan fingerprint density at radius 3 is 2.75 bits per heavy atom. The van der Waals surface area contributed by atoms with Crippen LogP contribution < -0.4 is 0 Å². The largest absolute Gasteiger partial charge is 0.377 e. The second kappa shape index (κ2) is 6.27. The lowest BCUT2D eigenvalue weighted by atomic mass is 9.65. The van der Waals surface area contributed by atoms with Crippen molar-refractivity contribution < 1.29 is 14.3 Å². The monoisotopic (exact) mass is 380 g/mol. The highest BCUT2D eigenvalue weighted by Crippen LogP contribution is 2.79. The number of fused-ring (bicyclic) bond motifs is 1. The average molecular weight is 381 g/mol. The smallest absolute Gasteiger partial charge is 0.169 e. The molecule has 5 rings (SSSR count). The Balaban J connectivity index is 1.23. The minimum absolute atomic E-state index is 0.0530. The number of carbonyl (C=O) groups excluding carboxylic acids is 1. The zero-order valence-electron chi connectivity index (χ0n) is 17.3. The van der Waals surface area contributed by atoms with Gasteiger partial charge < -0.3 is 9.47 Å². The summed E-state index contributed by atoms with van der Waals surface area (Å²) in [4.78, 5) is 13.2. The van der Waals surface area contributed by atoms with E-state index in [1.54, 1.807) is 0 Å². The van der Waals surface area contributed by atoms with Crippen LogP contribution in [0.5, 0.6) is 0 Å². The van der Waals surface area contributed by atoms with Crippen molar-refractivity contribution in [1.82, 2.24) is 0 Å². The van der Waals surface area contributed by atoms with Crippen molar-refractivity contribution in [3.8, 4) is 0 Å². The third kappa shape index (κ3) is 2.26. The predicted molar refractivity (Wildman–Crippen MR) is 109 cm³/mol. The van der Waals surface area contributed by atoms with Gasteiger partial charge in [0.2, 0.25) is 0 Å². The molecular formula is C25H32O3. The number of epoxide rings is 1. The summed E-state index contributed by atoms with van der Waals surface area (Å²) in [5.74, 6) is 1.61. The van der Waals surface area contributed by atoms with Gasteiger partial charge in [0.25, 0.3) is 0 Å². The van der Waals surface area contributed by atoms with Gasteiger partial charge in [-0.2, -0.15) is 0 Å². The molecule has 1 aromatic rings. The summed E-state index contributed by atoms with van der Waals surface area (Å²) >= 11 is 0. The molecule has 0 unspecified atom stereocenters. The molecule has 4 aliphatic rings. The van der Waals surface area contributed by atoms with Gasteiger partial charge in [-0.25, -0.2) is 0 Å². The number of hydrogen-bond donors (Lipinski definition) is 0. The normalized spacial score (nSPS) is 41.8. The van der Waals surface area contributed by atoms with E-state index < -0.39 is 0 Å². The molecule has 3 nitrogen and oxygen atoms in total. The number of ether oxygens (including phenoxy) is 2. The van der Waals surface area contributed by atoms with Crippen LogP contribution in [0.2, 0.25) is 0 Å². The first-order valence-electron chi connectivity index (χ1n) is 11.0. The summed E-state index contributed by atoms with van der Waals surface area (Å²) in [5.41, 5.74) is 1.00. The topological polar surface area (TPSA) is 38.8 Å². The molecule has 0 radical (unpaired) electrons. The highest BCUT2D eigenvalue weighted by Gasteiger charge is 2.86. The fraction of sp³-hybridized carbons (Fsp3) is 0.640. The van der Waals surface area contributed by atoms with E-state index in [2.05, 4.69) is 45.1 Å². The lowest BCUT2D eigenvalue weighted by Crippen LogP contribution is -2.42. The molecule has 1 heterocycles. The Kier molecular flexibility index (Phi) is 4.16. The van der Waals surface area contributed by atoms with Crippen LogP contribution in [0.15, 0.2) is 42.5 Å². The van der Waals surface area contributed by atoms with Crippen molar-refractivity contribution >= 4 is 5.78 Å². The maximum atomic E-state index is 13.2. The Bertz CT molecular complexity index is 797. The first-order valence-corrected chi connectivity index (χ1v) is 11.0. The van der Waals surface area contributed by atoms with E-state index in [9.17, 15) is 4.79 Å². The van der Waals surface area contributed by atoms with Gasteiger partial charge in [-0.05, 0) is 48.5 Å². The van der Waals surface area contributed by atoms with E-state index in [0.29, 0.717) is 24.2 Å². The first kappa shape index (κ1) is 18.6. The van der Waals surface area contributed by atoms with Crippen LogP contribution in [-0.4, -0.2) is 24.1 Å². The highest BCUT2D eigenvalue weighted by molar-refractivity contribution is 5.96. The van der Waals surface area contributed by atoms with Gasteiger partial charge in [-0.3, -0.25) is 4.79 Å². The summed E-state index contributed by atoms with van der Waals surface area (Å²) in [6.07, 6.45) is 8.73. The average Bonchev–Trinajstić information content (AvgIpc) is 3.15. The number of allylic oxidation sites excluding steroid dienone is 1. The van der Waals surface area contributed by atoms with Crippen molar-refractivity contribution in [2.24, 2.45) is 28.6 Å². The Labute approximate surface area is 168 Å². The lowest BCUT2D eigenvalue weighted by molar-refractivity contribution is -0.130. The third-order valence-electron chi connectivity index (χ3n) is 8.56. The number of hydrogen-bond acceptors (Lipinski definition) is 3. The Morgan fingerprint density at radius 1 is 1.18 bits per heavy atom. The fourth-order valence-electron chi connectivity index (χ4n) is 7.06. The molecule has 150 valence electrons. The number of carbonyl (C=O) groups is 1. The third-order valence-corrected chi connectivity index (χ3v) is 8.56. The lowest BCUT2D eigenvalue weighted by Gasteiger charge is -2.38. The summed E-state index contributed by atoms with van der Waals surface area (Å²) in [7, 11) is 0. The van der Waals surface area contributed by atoms with Crippen LogP contribution in [0.4, 0.5) is 0 Å². The zero-order chi connectivity index (χ0) is 19.6. The number of benzene rings is 1. The summed E-state index contributed by atoms with van der Waals surface area (Å²) in [6.45, 7) is 8.41. The van der Waals surface area contributed by atoms with Crippen LogP contribution >= 0.6 is 0 Å². The quantitative estimate of drug-likeness (QED) is 0.382. The molecule has 1 saturated heterocycles. The molecule has 6 atom stereocenters. The van der Waals surface area contributed by atoms with E-state index in [1.165, 1.54) is 5.56 Å². The van der Waals surface area contributed by atoms with Crippen LogP contribution in [-0.2, 0) is 20.9 Å². The minimum Gasteiger partial charge on any atom is -0.377 e. The molecule has 2 saturated carbocycles. The minimum atomic E-state index is -0.228. The molecule has 0 amide bonds. The van der Waals surface area contributed by atoms with Gasteiger partial charge in [0.15, 0.2) is 5.78 Å². The number of Topliss-reactive ketones (excluding diaryl/α,β-unsaturated/α-hetero) is 1. The summed E-state index contributed by atoms with van der Waals surface area (Å²) in [6, 6.07) is 10.3. The molecule has 3 fully saturated rings.